The minimum absolute atomic E-state index is 1.13. The van der Waals surface area contributed by atoms with Gasteiger partial charge in [-0.3, -0.25) is 0 Å². The second-order valence-corrected chi connectivity index (χ2v) is 2.81. The zero-order valence-corrected chi connectivity index (χ0v) is 7.52. The molecule has 1 heteroatoms. The van der Waals surface area contributed by atoms with Crippen LogP contribution in [0, 0.1) is 0 Å². The lowest BCUT2D eigenvalue weighted by atomic mass is 10.3. The van der Waals surface area contributed by atoms with Crippen LogP contribution < -0.4 is 0 Å². The summed E-state index contributed by atoms with van der Waals surface area (Å²) in [7, 11) is 2.10. The molecule has 0 aromatic heterocycles. The maximum atomic E-state index is 2.26. The summed E-state index contributed by atoms with van der Waals surface area (Å²) in [6.45, 7) is 7.45. The van der Waals surface area contributed by atoms with Crippen molar-refractivity contribution in [1.82, 2.24) is 0 Å². The van der Waals surface area contributed by atoms with Crippen LogP contribution in [0.1, 0.15) is 27.2 Å². The van der Waals surface area contributed by atoms with Crippen LogP contribution >= 0.6 is 0 Å². The van der Waals surface area contributed by atoms with Gasteiger partial charge in [0.1, 0.15) is 19.8 Å². The van der Waals surface area contributed by atoms with Gasteiger partial charge in [0.15, 0.2) is 0 Å². The van der Waals surface area contributed by atoms with E-state index in [-0.39, 0.29) is 0 Å². The second-order valence-electron chi connectivity index (χ2n) is 2.81. The highest BCUT2D eigenvalue weighted by Crippen LogP contribution is 1.91. The Morgan fingerprint density at radius 1 is 1.40 bits per heavy atom. The molecule has 0 aliphatic carbocycles. The van der Waals surface area contributed by atoms with Gasteiger partial charge in [-0.2, -0.15) is 0 Å². The van der Waals surface area contributed by atoms with E-state index >= 15 is 0 Å². The summed E-state index contributed by atoms with van der Waals surface area (Å²) in [5, 5.41) is 0. The Labute approximate surface area is 64.1 Å². The molecule has 0 saturated heterocycles. The van der Waals surface area contributed by atoms with Gasteiger partial charge in [0, 0.05) is 13.3 Å². The molecule has 10 heavy (non-hydrogen) atoms. The molecule has 0 amide bonds. The minimum atomic E-state index is 1.13. The normalized spacial score (nSPS) is 11.4. The summed E-state index contributed by atoms with van der Waals surface area (Å²) >= 11 is 0. The van der Waals surface area contributed by atoms with E-state index in [9.17, 15) is 0 Å². The Morgan fingerprint density at radius 2 is 2.00 bits per heavy atom. The predicted molar refractivity (Wildman–Crippen MR) is 46.8 cm³/mol. The van der Waals surface area contributed by atoms with Crippen molar-refractivity contribution in [3.8, 4) is 0 Å². The van der Waals surface area contributed by atoms with Crippen molar-refractivity contribution in [2.75, 3.05) is 13.6 Å². The first-order chi connectivity index (χ1) is 4.66. The van der Waals surface area contributed by atoms with Crippen LogP contribution in [0.15, 0.2) is 11.6 Å². The molecule has 0 bridgehead atoms. The third-order valence-electron chi connectivity index (χ3n) is 1.48. The van der Waals surface area contributed by atoms with E-state index in [0.29, 0.717) is 0 Å². The van der Waals surface area contributed by atoms with Gasteiger partial charge in [0.2, 0.25) is 0 Å². The minimum Gasteiger partial charge on any atom is -0.242 e. The number of nitrogens with zero attached hydrogens (tertiary/aromatic N) is 1. The Kier molecular flexibility index (Phi) is 4.91. The van der Waals surface area contributed by atoms with Crippen molar-refractivity contribution in [3.63, 3.8) is 0 Å². The van der Waals surface area contributed by atoms with Crippen molar-refractivity contribution in [3.05, 3.63) is 11.6 Å². The summed E-state index contributed by atoms with van der Waals surface area (Å²) in [5.41, 5.74) is 1.41. The van der Waals surface area contributed by atoms with E-state index in [1.807, 2.05) is 0 Å². The Morgan fingerprint density at radius 3 is 2.40 bits per heavy atom. The average Bonchev–Trinajstić information content (AvgIpc) is 1.87. The van der Waals surface area contributed by atoms with E-state index in [2.05, 4.69) is 44.7 Å². The van der Waals surface area contributed by atoms with Crippen LogP contribution in [0.4, 0.5) is 0 Å². The standard InChI is InChI=1S/C9H18N/c1-5-10(4)8-6-7-9(2)3/h5,7H,6,8H2,1-4H3/q+1. The largest absolute Gasteiger partial charge is 0.242 e. The maximum absolute atomic E-state index is 2.26. The molecule has 0 aromatic rings. The van der Waals surface area contributed by atoms with Gasteiger partial charge < -0.3 is 0 Å². The molecule has 0 fully saturated rings. The van der Waals surface area contributed by atoms with E-state index in [4.69, 9.17) is 0 Å². The molecule has 0 radical (unpaired) electrons. The van der Waals surface area contributed by atoms with Crippen LogP contribution in [-0.4, -0.2) is 24.4 Å². The van der Waals surface area contributed by atoms with E-state index in [1.165, 1.54) is 5.57 Å². The highest BCUT2D eigenvalue weighted by atomic mass is 14.9. The van der Waals surface area contributed by atoms with Crippen molar-refractivity contribution >= 4 is 6.21 Å². The second kappa shape index (κ2) is 5.21. The van der Waals surface area contributed by atoms with Crippen molar-refractivity contribution in [1.29, 1.82) is 0 Å². The maximum Gasteiger partial charge on any atom is 0.145 e. The lowest BCUT2D eigenvalue weighted by Gasteiger charge is -1.92. The molecular weight excluding hydrogens is 122 g/mol. The number of hydrogen-bond donors (Lipinski definition) is 0. The Hall–Kier alpha value is -0.590. The average molecular weight is 140 g/mol. The lowest BCUT2D eigenvalue weighted by molar-refractivity contribution is -0.491. The first-order valence-electron chi connectivity index (χ1n) is 3.80. The number of hydrogen-bond acceptors (Lipinski definition) is 0. The quantitative estimate of drug-likeness (QED) is 0.321. The smallest absolute Gasteiger partial charge is 0.145 e. The highest BCUT2D eigenvalue weighted by molar-refractivity contribution is 5.46. The summed E-state index contributed by atoms with van der Waals surface area (Å²) in [5.74, 6) is 0. The van der Waals surface area contributed by atoms with E-state index in [0.717, 1.165) is 13.0 Å². The lowest BCUT2D eigenvalue weighted by Crippen LogP contribution is -2.06. The molecule has 0 spiro atoms. The third-order valence-corrected chi connectivity index (χ3v) is 1.48. The molecule has 0 heterocycles. The van der Waals surface area contributed by atoms with Gasteiger partial charge in [0.05, 0.1) is 0 Å². The molecule has 0 N–H and O–H groups in total. The Balaban J connectivity index is 3.47. The van der Waals surface area contributed by atoms with Crippen molar-refractivity contribution < 1.29 is 4.58 Å². The summed E-state index contributed by atoms with van der Waals surface area (Å²) in [4.78, 5) is 0. The molecular formula is C9H18N+. The SMILES string of the molecule is CC=[N+](C)CCC=C(C)C. The molecule has 0 aromatic carbocycles. The third kappa shape index (κ3) is 5.54. The molecule has 58 valence electrons. The Bertz CT molecular complexity index is 139. The van der Waals surface area contributed by atoms with Crippen LogP contribution in [0.25, 0.3) is 0 Å². The number of allylic oxidation sites excluding steroid dienone is 1. The molecule has 0 rings (SSSR count). The summed E-state index contributed by atoms with van der Waals surface area (Å²) in [6, 6.07) is 0. The zero-order valence-electron chi connectivity index (χ0n) is 7.52. The fourth-order valence-corrected chi connectivity index (χ4v) is 0.686. The van der Waals surface area contributed by atoms with E-state index in [1.54, 1.807) is 0 Å². The topological polar surface area (TPSA) is 3.01 Å². The van der Waals surface area contributed by atoms with Gasteiger partial charge in [-0.15, -0.1) is 0 Å². The predicted octanol–water partition coefficient (Wildman–Crippen LogP) is 2.08. The zero-order chi connectivity index (χ0) is 7.98. The van der Waals surface area contributed by atoms with Crippen LogP contribution in [0.5, 0.6) is 0 Å². The van der Waals surface area contributed by atoms with Crippen LogP contribution in [-0.2, 0) is 0 Å². The van der Waals surface area contributed by atoms with Gasteiger partial charge in [-0.05, 0) is 13.8 Å². The van der Waals surface area contributed by atoms with Gasteiger partial charge >= 0.3 is 0 Å². The molecule has 0 aliphatic rings. The van der Waals surface area contributed by atoms with Gasteiger partial charge in [0.25, 0.3) is 0 Å². The molecule has 0 unspecified atom stereocenters. The molecule has 1 nitrogen and oxygen atoms in total. The first kappa shape index (κ1) is 9.41. The van der Waals surface area contributed by atoms with Crippen LogP contribution in [0.2, 0.25) is 0 Å². The van der Waals surface area contributed by atoms with E-state index < -0.39 is 0 Å². The highest BCUT2D eigenvalue weighted by Gasteiger charge is 1.89. The number of rotatable bonds is 3. The van der Waals surface area contributed by atoms with Crippen molar-refractivity contribution in [2.45, 2.75) is 27.2 Å². The summed E-state index contributed by atoms with van der Waals surface area (Å²) < 4.78 is 2.19. The fourth-order valence-electron chi connectivity index (χ4n) is 0.686. The van der Waals surface area contributed by atoms with Crippen LogP contribution in [0.3, 0.4) is 0 Å². The van der Waals surface area contributed by atoms with Crippen molar-refractivity contribution in [2.24, 2.45) is 0 Å². The van der Waals surface area contributed by atoms with Gasteiger partial charge in [-0.1, -0.05) is 11.6 Å². The molecule has 0 atom stereocenters. The summed E-state index contributed by atoms with van der Waals surface area (Å²) in [6.07, 6.45) is 5.52. The van der Waals surface area contributed by atoms with Gasteiger partial charge in [-0.25, -0.2) is 4.58 Å². The molecule has 0 aliphatic heterocycles. The monoisotopic (exact) mass is 140 g/mol. The fraction of sp³-hybridized carbons (Fsp3) is 0.667. The molecule has 0 saturated carbocycles. The first-order valence-corrected chi connectivity index (χ1v) is 3.80.